The van der Waals surface area contributed by atoms with E-state index in [1.54, 1.807) is 7.11 Å². The van der Waals surface area contributed by atoms with Crippen LogP contribution in [0.5, 0.6) is 0 Å². The molecule has 0 aromatic carbocycles. The van der Waals surface area contributed by atoms with Crippen molar-refractivity contribution in [3.05, 3.63) is 0 Å². The van der Waals surface area contributed by atoms with Gasteiger partial charge in [0.05, 0.1) is 38.6 Å². The highest BCUT2D eigenvalue weighted by Gasteiger charge is 2.30. The molecule has 1 N–H and O–H groups in total. The minimum absolute atomic E-state index is 0.592. The number of likely N-dealkylation sites (N-methyl/N-ethyl adjacent to an activating group) is 1. The maximum atomic E-state index is 10.4. The van der Waals surface area contributed by atoms with Crippen molar-refractivity contribution >= 4 is 0 Å². The molecule has 1 rings (SSSR count). The van der Waals surface area contributed by atoms with E-state index < -0.39 is 5.60 Å². The standard InChI is InChI=1S/C14H29NO5/c1-15(13-14(16)3-6-18-7-4-14)5-8-19-11-12-20-10-9-17-2/h16H,3-13H2,1-2H3. The molecule has 1 heterocycles. The number of hydrogen-bond acceptors (Lipinski definition) is 6. The molecule has 6 heteroatoms. The molecule has 1 saturated heterocycles. The van der Waals surface area contributed by atoms with Gasteiger partial charge in [-0.1, -0.05) is 0 Å². The van der Waals surface area contributed by atoms with Crippen molar-refractivity contribution < 1.29 is 24.1 Å². The van der Waals surface area contributed by atoms with Crippen molar-refractivity contribution in [3.63, 3.8) is 0 Å². The largest absolute Gasteiger partial charge is 0.388 e. The van der Waals surface area contributed by atoms with E-state index >= 15 is 0 Å². The van der Waals surface area contributed by atoms with Gasteiger partial charge in [0, 0.05) is 46.3 Å². The van der Waals surface area contributed by atoms with Crippen molar-refractivity contribution in [1.82, 2.24) is 4.90 Å². The maximum Gasteiger partial charge on any atom is 0.0817 e. The zero-order valence-corrected chi connectivity index (χ0v) is 12.8. The molecular weight excluding hydrogens is 262 g/mol. The van der Waals surface area contributed by atoms with Crippen LogP contribution in [0.3, 0.4) is 0 Å². The summed E-state index contributed by atoms with van der Waals surface area (Å²) >= 11 is 0. The zero-order valence-electron chi connectivity index (χ0n) is 12.8. The molecule has 0 atom stereocenters. The zero-order chi connectivity index (χ0) is 14.7. The third kappa shape index (κ3) is 8.14. The normalized spacial score (nSPS) is 18.6. The lowest BCUT2D eigenvalue weighted by molar-refractivity contribution is -0.0790. The summed E-state index contributed by atoms with van der Waals surface area (Å²) in [6, 6.07) is 0. The van der Waals surface area contributed by atoms with E-state index in [2.05, 4.69) is 4.90 Å². The van der Waals surface area contributed by atoms with Crippen molar-refractivity contribution in [3.8, 4) is 0 Å². The first kappa shape index (κ1) is 17.8. The summed E-state index contributed by atoms with van der Waals surface area (Å²) in [5.41, 5.74) is -0.601. The van der Waals surface area contributed by atoms with Crippen molar-refractivity contribution in [2.75, 3.05) is 73.5 Å². The molecule has 0 saturated carbocycles. The molecular formula is C14H29NO5. The Bertz CT molecular complexity index is 234. The molecule has 0 aliphatic carbocycles. The fourth-order valence-electron chi connectivity index (χ4n) is 2.18. The van der Waals surface area contributed by atoms with Crippen LogP contribution in [0.2, 0.25) is 0 Å². The van der Waals surface area contributed by atoms with E-state index in [1.807, 2.05) is 7.05 Å². The second kappa shape index (κ2) is 10.5. The average Bonchev–Trinajstić information content (AvgIpc) is 2.42. The van der Waals surface area contributed by atoms with Gasteiger partial charge in [-0.3, -0.25) is 0 Å². The highest BCUT2D eigenvalue weighted by atomic mass is 16.5. The minimum atomic E-state index is -0.601. The molecule has 1 aliphatic heterocycles. The lowest BCUT2D eigenvalue weighted by Crippen LogP contribution is -2.46. The second-order valence-corrected chi connectivity index (χ2v) is 5.29. The van der Waals surface area contributed by atoms with E-state index in [0.29, 0.717) is 65.6 Å². The van der Waals surface area contributed by atoms with Crippen LogP contribution in [-0.4, -0.2) is 89.1 Å². The molecule has 0 radical (unpaired) electrons. The molecule has 0 spiro atoms. The van der Waals surface area contributed by atoms with Gasteiger partial charge in [-0.15, -0.1) is 0 Å². The molecule has 6 nitrogen and oxygen atoms in total. The van der Waals surface area contributed by atoms with Crippen LogP contribution in [0.25, 0.3) is 0 Å². The van der Waals surface area contributed by atoms with Crippen LogP contribution >= 0.6 is 0 Å². The quantitative estimate of drug-likeness (QED) is 0.546. The summed E-state index contributed by atoms with van der Waals surface area (Å²) in [6.45, 7) is 5.84. The first-order valence-electron chi connectivity index (χ1n) is 7.29. The van der Waals surface area contributed by atoms with Gasteiger partial charge < -0.3 is 29.0 Å². The Hall–Kier alpha value is -0.240. The van der Waals surface area contributed by atoms with E-state index in [0.717, 1.165) is 6.54 Å². The van der Waals surface area contributed by atoms with E-state index in [-0.39, 0.29) is 0 Å². The second-order valence-electron chi connectivity index (χ2n) is 5.29. The van der Waals surface area contributed by atoms with Crippen LogP contribution in [0.15, 0.2) is 0 Å². The van der Waals surface area contributed by atoms with Gasteiger partial charge in [0.15, 0.2) is 0 Å². The molecule has 0 amide bonds. The third-order valence-electron chi connectivity index (χ3n) is 3.41. The summed E-state index contributed by atoms with van der Waals surface area (Å²) < 4.78 is 20.9. The number of methoxy groups -OCH3 is 1. The smallest absolute Gasteiger partial charge is 0.0817 e. The molecule has 0 aromatic heterocycles. The number of aliphatic hydroxyl groups is 1. The molecule has 1 fully saturated rings. The molecule has 0 aromatic rings. The Kier molecular flexibility index (Phi) is 9.33. The third-order valence-corrected chi connectivity index (χ3v) is 3.41. The summed E-state index contributed by atoms with van der Waals surface area (Å²) in [6.07, 6.45) is 1.43. The first-order chi connectivity index (χ1) is 9.66. The molecule has 20 heavy (non-hydrogen) atoms. The summed E-state index contributed by atoms with van der Waals surface area (Å²) in [5.74, 6) is 0. The minimum Gasteiger partial charge on any atom is -0.388 e. The van der Waals surface area contributed by atoms with Crippen molar-refractivity contribution in [1.29, 1.82) is 0 Å². The predicted molar refractivity (Wildman–Crippen MR) is 76.0 cm³/mol. The Morgan fingerprint density at radius 2 is 1.65 bits per heavy atom. The first-order valence-corrected chi connectivity index (χ1v) is 7.29. The van der Waals surface area contributed by atoms with Crippen LogP contribution < -0.4 is 0 Å². The Morgan fingerprint density at radius 3 is 2.30 bits per heavy atom. The van der Waals surface area contributed by atoms with Gasteiger partial charge in [-0.25, -0.2) is 0 Å². The molecule has 1 aliphatic rings. The Morgan fingerprint density at radius 1 is 1.05 bits per heavy atom. The number of hydrogen-bond donors (Lipinski definition) is 1. The van der Waals surface area contributed by atoms with Crippen LogP contribution in [0, 0.1) is 0 Å². The summed E-state index contributed by atoms with van der Waals surface area (Å²) in [5, 5.41) is 10.4. The molecule has 0 bridgehead atoms. The number of ether oxygens (including phenoxy) is 4. The van der Waals surface area contributed by atoms with Gasteiger partial charge >= 0.3 is 0 Å². The SMILES string of the molecule is COCCOCCOCCN(C)CC1(O)CCOCC1. The van der Waals surface area contributed by atoms with E-state index in [4.69, 9.17) is 18.9 Å². The van der Waals surface area contributed by atoms with Gasteiger partial charge in [-0.2, -0.15) is 0 Å². The highest BCUT2D eigenvalue weighted by molar-refractivity contribution is 4.83. The lowest BCUT2D eigenvalue weighted by Gasteiger charge is -2.35. The van der Waals surface area contributed by atoms with Gasteiger partial charge in [0.25, 0.3) is 0 Å². The molecule has 0 unspecified atom stereocenters. The average molecular weight is 291 g/mol. The van der Waals surface area contributed by atoms with Gasteiger partial charge in [0.2, 0.25) is 0 Å². The highest BCUT2D eigenvalue weighted by Crippen LogP contribution is 2.20. The molecule has 120 valence electrons. The fourth-order valence-corrected chi connectivity index (χ4v) is 2.18. The number of nitrogens with zero attached hydrogens (tertiary/aromatic N) is 1. The maximum absolute atomic E-state index is 10.4. The summed E-state index contributed by atoms with van der Waals surface area (Å²) in [7, 11) is 3.66. The van der Waals surface area contributed by atoms with E-state index in [1.165, 1.54) is 0 Å². The fraction of sp³-hybridized carbons (Fsp3) is 1.00. The topological polar surface area (TPSA) is 60.4 Å². The Balaban J connectivity index is 1.95. The van der Waals surface area contributed by atoms with Crippen LogP contribution in [0.1, 0.15) is 12.8 Å². The lowest BCUT2D eigenvalue weighted by atomic mass is 9.94. The predicted octanol–water partition coefficient (Wildman–Crippen LogP) is 0.139. The van der Waals surface area contributed by atoms with Gasteiger partial charge in [0.1, 0.15) is 0 Å². The Labute approximate surface area is 121 Å². The van der Waals surface area contributed by atoms with Crippen molar-refractivity contribution in [2.45, 2.75) is 18.4 Å². The van der Waals surface area contributed by atoms with E-state index in [9.17, 15) is 5.11 Å². The van der Waals surface area contributed by atoms with Gasteiger partial charge in [-0.05, 0) is 7.05 Å². The number of rotatable bonds is 11. The monoisotopic (exact) mass is 291 g/mol. The summed E-state index contributed by atoms with van der Waals surface area (Å²) in [4.78, 5) is 2.11. The van der Waals surface area contributed by atoms with Crippen LogP contribution in [0.4, 0.5) is 0 Å². The van der Waals surface area contributed by atoms with Crippen LogP contribution in [-0.2, 0) is 18.9 Å². The van der Waals surface area contributed by atoms with Crippen molar-refractivity contribution in [2.24, 2.45) is 0 Å².